The number of nitrogens with zero attached hydrogens (tertiary/aromatic N) is 5. The third kappa shape index (κ3) is 3.63. The molecule has 0 fully saturated rings. The van der Waals surface area contributed by atoms with Gasteiger partial charge in [0.1, 0.15) is 5.69 Å². The minimum Gasteiger partial charge on any atom is -0.481 e. The van der Waals surface area contributed by atoms with E-state index in [0.29, 0.717) is 17.4 Å². The molecule has 0 aliphatic carbocycles. The average molecular weight is 419 g/mol. The lowest BCUT2D eigenvalue weighted by molar-refractivity contribution is -0.137. The zero-order valence-electron chi connectivity index (χ0n) is 17.1. The van der Waals surface area contributed by atoms with Crippen molar-refractivity contribution in [3.8, 4) is 28.9 Å². The summed E-state index contributed by atoms with van der Waals surface area (Å²) in [6.45, 7) is 4.67. The predicted molar refractivity (Wildman–Crippen MR) is 112 cm³/mol. The molecule has 0 amide bonds. The third-order valence-corrected chi connectivity index (χ3v) is 5.36. The molecule has 1 aliphatic heterocycles. The highest BCUT2D eigenvalue weighted by atomic mass is 16.5. The van der Waals surface area contributed by atoms with Crippen LogP contribution in [0, 0.1) is 0 Å². The highest BCUT2D eigenvalue weighted by molar-refractivity contribution is 5.86. The molecule has 0 bridgehead atoms. The van der Waals surface area contributed by atoms with Crippen LogP contribution in [-0.4, -0.2) is 41.9 Å². The van der Waals surface area contributed by atoms with Crippen molar-refractivity contribution in [2.75, 3.05) is 0 Å². The number of hydrogen-bond acceptors (Lipinski definition) is 7. The van der Waals surface area contributed by atoms with Crippen LogP contribution in [-0.2, 0) is 11.3 Å². The zero-order chi connectivity index (χ0) is 21.5. The molecule has 1 unspecified atom stereocenters. The standard InChI is InChI=1S/C22H21N5O4/c1-12(2)30-19-11-23-16(10-24-19)22-25-21(26-31-22)14-3-4-17-15(7-14)8-18-13(9-20(28)29)5-6-27(17)18/h3-4,7-8,10-13H,5-6,9H2,1-2H3,(H,28,29). The molecule has 4 aromatic rings. The number of ether oxygens (including phenoxy) is 1. The quantitative estimate of drug-likeness (QED) is 0.500. The predicted octanol–water partition coefficient (Wildman–Crippen LogP) is 3.90. The van der Waals surface area contributed by atoms with E-state index in [4.69, 9.17) is 14.4 Å². The molecular weight excluding hydrogens is 398 g/mol. The molecule has 1 atom stereocenters. The fraction of sp³-hybridized carbons (Fsp3) is 0.318. The van der Waals surface area contributed by atoms with Crippen molar-refractivity contribution < 1.29 is 19.2 Å². The van der Waals surface area contributed by atoms with Crippen molar-refractivity contribution >= 4 is 16.9 Å². The van der Waals surface area contributed by atoms with E-state index in [9.17, 15) is 4.79 Å². The van der Waals surface area contributed by atoms with E-state index in [-0.39, 0.29) is 24.3 Å². The van der Waals surface area contributed by atoms with E-state index in [1.54, 1.807) is 6.20 Å². The van der Waals surface area contributed by atoms with Gasteiger partial charge in [-0.25, -0.2) is 9.97 Å². The molecule has 158 valence electrons. The first kappa shape index (κ1) is 19.2. The summed E-state index contributed by atoms with van der Waals surface area (Å²) < 4.78 is 13.1. The third-order valence-electron chi connectivity index (χ3n) is 5.36. The summed E-state index contributed by atoms with van der Waals surface area (Å²) in [4.78, 5) is 24.1. The first-order valence-corrected chi connectivity index (χ1v) is 10.2. The van der Waals surface area contributed by atoms with Crippen molar-refractivity contribution in [1.29, 1.82) is 0 Å². The van der Waals surface area contributed by atoms with Gasteiger partial charge in [0.05, 0.1) is 24.9 Å². The molecule has 1 aromatic carbocycles. The van der Waals surface area contributed by atoms with Crippen LogP contribution in [0.25, 0.3) is 33.9 Å². The Morgan fingerprint density at radius 3 is 2.90 bits per heavy atom. The van der Waals surface area contributed by atoms with Crippen LogP contribution in [0.15, 0.2) is 41.2 Å². The van der Waals surface area contributed by atoms with E-state index in [2.05, 4.69) is 30.7 Å². The van der Waals surface area contributed by atoms with E-state index in [0.717, 1.165) is 35.1 Å². The van der Waals surface area contributed by atoms with Crippen LogP contribution in [0.4, 0.5) is 0 Å². The highest BCUT2D eigenvalue weighted by Gasteiger charge is 2.27. The monoisotopic (exact) mass is 419 g/mol. The van der Waals surface area contributed by atoms with Crippen LogP contribution in [0.1, 0.15) is 38.3 Å². The number of hydrogen-bond donors (Lipinski definition) is 1. The van der Waals surface area contributed by atoms with Crippen LogP contribution >= 0.6 is 0 Å². The van der Waals surface area contributed by atoms with Crippen molar-refractivity contribution in [3.05, 3.63) is 42.4 Å². The molecule has 0 saturated carbocycles. The molecule has 0 saturated heterocycles. The van der Waals surface area contributed by atoms with Crippen molar-refractivity contribution in [3.63, 3.8) is 0 Å². The molecule has 4 heterocycles. The SMILES string of the molecule is CC(C)Oc1cnc(-c2nc(-c3ccc4c(c3)cc3n4CCC3CC(=O)O)no2)cn1. The van der Waals surface area contributed by atoms with Gasteiger partial charge in [-0.05, 0) is 44.5 Å². The Bertz CT molecular complexity index is 1260. The Morgan fingerprint density at radius 2 is 2.16 bits per heavy atom. The van der Waals surface area contributed by atoms with Gasteiger partial charge >= 0.3 is 5.97 Å². The molecular formula is C22H21N5O4. The van der Waals surface area contributed by atoms with Gasteiger partial charge in [-0.2, -0.15) is 4.98 Å². The number of fused-ring (bicyclic) bond motifs is 3. The normalized spacial score (nSPS) is 15.5. The van der Waals surface area contributed by atoms with Gasteiger partial charge in [0, 0.05) is 34.6 Å². The van der Waals surface area contributed by atoms with Crippen molar-refractivity contribution in [1.82, 2.24) is 24.7 Å². The number of aryl methyl sites for hydroxylation is 1. The molecule has 31 heavy (non-hydrogen) atoms. The van der Waals surface area contributed by atoms with Gasteiger partial charge < -0.3 is 18.9 Å². The summed E-state index contributed by atoms with van der Waals surface area (Å²) in [5.41, 5.74) is 3.44. The fourth-order valence-electron chi connectivity index (χ4n) is 4.04. The first-order chi connectivity index (χ1) is 15.0. The topological polar surface area (TPSA) is 116 Å². The molecule has 3 aromatic heterocycles. The maximum atomic E-state index is 11.2. The fourth-order valence-corrected chi connectivity index (χ4v) is 4.04. The number of aromatic nitrogens is 5. The Balaban J connectivity index is 1.42. The molecule has 0 radical (unpaired) electrons. The maximum Gasteiger partial charge on any atom is 0.304 e. The van der Waals surface area contributed by atoms with E-state index in [1.165, 1.54) is 6.20 Å². The van der Waals surface area contributed by atoms with Gasteiger partial charge in [0.2, 0.25) is 11.7 Å². The smallest absolute Gasteiger partial charge is 0.304 e. The number of carboxylic acids is 1. The lowest BCUT2D eigenvalue weighted by atomic mass is 10.0. The van der Waals surface area contributed by atoms with Crippen LogP contribution in [0.5, 0.6) is 5.88 Å². The number of carboxylic acid groups (broad SMARTS) is 1. The van der Waals surface area contributed by atoms with Gasteiger partial charge in [0.25, 0.3) is 5.89 Å². The van der Waals surface area contributed by atoms with Crippen molar-refractivity contribution in [2.45, 2.75) is 45.3 Å². The van der Waals surface area contributed by atoms with Gasteiger partial charge in [0.15, 0.2) is 0 Å². The lowest BCUT2D eigenvalue weighted by Crippen LogP contribution is -2.07. The number of carbonyl (C=O) groups is 1. The largest absolute Gasteiger partial charge is 0.481 e. The van der Waals surface area contributed by atoms with E-state index in [1.807, 2.05) is 32.0 Å². The molecule has 0 spiro atoms. The number of benzene rings is 1. The Labute approximate surface area is 177 Å². The number of aliphatic carboxylic acids is 1. The number of rotatable bonds is 6. The summed E-state index contributed by atoms with van der Waals surface area (Å²) in [6, 6.07) is 8.03. The van der Waals surface area contributed by atoms with Crippen molar-refractivity contribution in [2.24, 2.45) is 0 Å². The second-order valence-electron chi connectivity index (χ2n) is 7.91. The maximum absolute atomic E-state index is 11.2. The molecule has 1 aliphatic rings. The first-order valence-electron chi connectivity index (χ1n) is 10.2. The highest BCUT2D eigenvalue weighted by Crippen LogP contribution is 2.37. The second kappa shape index (κ2) is 7.50. The average Bonchev–Trinajstić information content (AvgIpc) is 3.44. The summed E-state index contributed by atoms with van der Waals surface area (Å²) in [7, 11) is 0. The summed E-state index contributed by atoms with van der Waals surface area (Å²) >= 11 is 0. The van der Waals surface area contributed by atoms with E-state index >= 15 is 0 Å². The second-order valence-corrected chi connectivity index (χ2v) is 7.91. The van der Waals surface area contributed by atoms with E-state index < -0.39 is 5.97 Å². The molecule has 9 heteroatoms. The van der Waals surface area contributed by atoms with Crippen LogP contribution in [0.2, 0.25) is 0 Å². The lowest BCUT2D eigenvalue weighted by Gasteiger charge is -2.07. The summed E-state index contributed by atoms with van der Waals surface area (Å²) in [6.07, 6.45) is 4.09. The summed E-state index contributed by atoms with van der Waals surface area (Å²) in [5, 5.41) is 14.3. The minimum atomic E-state index is -0.768. The molecule has 5 rings (SSSR count). The minimum absolute atomic E-state index is 0.0141. The molecule has 1 N–H and O–H groups in total. The van der Waals surface area contributed by atoms with Gasteiger partial charge in [-0.15, -0.1) is 0 Å². The van der Waals surface area contributed by atoms with Gasteiger partial charge in [-0.3, -0.25) is 4.79 Å². The Morgan fingerprint density at radius 1 is 1.29 bits per heavy atom. The molecule has 9 nitrogen and oxygen atoms in total. The van der Waals surface area contributed by atoms with Crippen LogP contribution < -0.4 is 4.74 Å². The Hall–Kier alpha value is -3.75. The van der Waals surface area contributed by atoms with Gasteiger partial charge in [-0.1, -0.05) is 5.16 Å². The zero-order valence-corrected chi connectivity index (χ0v) is 17.1. The van der Waals surface area contributed by atoms with Crippen LogP contribution in [0.3, 0.4) is 0 Å². The summed E-state index contributed by atoms with van der Waals surface area (Å²) in [5.74, 6) is 0.447. The Kier molecular flexibility index (Phi) is 4.65.